The molecule has 0 radical (unpaired) electrons. The van der Waals surface area contributed by atoms with Gasteiger partial charge < -0.3 is 9.73 Å². The minimum Gasteiger partial charge on any atom is -0.459 e. The zero-order chi connectivity index (χ0) is 14.0. The van der Waals surface area contributed by atoms with Gasteiger partial charge in [0.25, 0.3) is 5.91 Å². The summed E-state index contributed by atoms with van der Waals surface area (Å²) in [4.78, 5) is 21.5. The average molecular weight is 264 g/mol. The number of amides is 1. The number of carbonyl (C=O) groups excluding carboxylic acids is 1. The van der Waals surface area contributed by atoms with Crippen molar-refractivity contribution < 1.29 is 18.5 Å². The molecule has 1 N–H and O–H groups in total. The van der Waals surface area contributed by atoms with Gasteiger partial charge in [-0.05, 0) is 25.1 Å². The Balaban J connectivity index is 2.25. The number of nitro benzene ring substituents is 1. The summed E-state index contributed by atoms with van der Waals surface area (Å²) in [6.45, 7) is 1.69. The zero-order valence-electron chi connectivity index (χ0n) is 9.84. The van der Waals surface area contributed by atoms with E-state index in [0.717, 1.165) is 12.1 Å². The maximum atomic E-state index is 13.1. The van der Waals surface area contributed by atoms with Crippen LogP contribution in [-0.4, -0.2) is 10.8 Å². The maximum Gasteiger partial charge on any atom is 0.306 e. The molecular formula is C12H9FN2O4. The third-order valence-corrected chi connectivity index (χ3v) is 2.47. The van der Waals surface area contributed by atoms with Crippen LogP contribution >= 0.6 is 0 Å². The third-order valence-electron chi connectivity index (χ3n) is 2.47. The maximum absolute atomic E-state index is 13.1. The molecule has 0 saturated heterocycles. The van der Waals surface area contributed by atoms with Gasteiger partial charge in [0.2, 0.25) is 5.82 Å². The van der Waals surface area contributed by atoms with E-state index in [1.165, 1.54) is 12.3 Å². The van der Waals surface area contributed by atoms with E-state index in [1.807, 2.05) is 0 Å². The lowest BCUT2D eigenvalue weighted by atomic mass is 10.2. The molecule has 0 bridgehead atoms. The van der Waals surface area contributed by atoms with E-state index in [-0.39, 0.29) is 11.4 Å². The number of nitrogens with one attached hydrogen (secondary N) is 1. The summed E-state index contributed by atoms with van der Waals surface area (Å²) >= 11 is 0. The normalized spacial score (nSPS) is 10.2. The fraction of sp³-hybridized carbons (Fsp3) is 0.0833. The Morgan fingerprint density at radius 1 is 1.42 bits per heavy atom. The highest BCUT2D eigenvalue weighted by Crippen LogP contribution is 2.22. The molecule has 0 aliphatic heterocycles. The van der Waals surface area contributed by atoms with E-state index in [9.17, 15) is 19.3 Å². The fourth-order valence-electron chi connectivity index (χ4n) is 1.52. The highest BCUT2D eigenvalue weighted by atomic mass is 19.1. The number of hydrogen-bond donors (Lipinski definition) is 1. The number of anilines is 1. The molecular weight excluding hydrogens is 255 g/mol. The molecule has 19 heavy (non-hydrogen) atoms. The van der Waals surface area contributed by atoms with E-state index >= 15 is 0 Å². The van der Waals surface area contributed by atoms with Crippen LogP contribution < -0.4 is 5.32 Å². The molecule has 0 fully saturated rings. The van der Waals surface area contributed by atoms with Crippen LogP contribution in [0.15, 0.2) is 34.9 Å². The van der Waals surface area contributed by atoms with E-state index in [0.29, 0.717) is 5.56 Å². The van der Waals surface area contributed by atoms with Crippen molar-refractivity contribution in [1.82, 2.24) is 0 Å². The topological polar surface area (TPSA) is 85.4 Å². The van der Waals surface area contributed by atoms with Gasteiger partial charge in [-0.25, -0.2) is 0 Å². The third kappa shape index (κ3) is 2.59. The molecule has 0 atom stereocenters. The van der Waals surface area contributed by atoms with Crippen molar-refractivity contribution in [2.75, 3.05) is 5.32 Å². The van der Waals surface area contributed by atoms with Crippen LogP contribution in [0.5, 0.6) is 0 Å². The standard InChI is InChI=1S/C12H9FN2O4/c1-7-4-5-19-11(7)12(16)14-8-2-3-9(13)10(6-8)15(17)18/h2-6H,1H3,(H,14,16). The molecule has 1 amide bonds. The van der Waals surface area contributed by atoms with Crippen LogP contribution in [0.3, 0.4) is 0 Å². The van der Waals surface area contributed by atoms with Gasteiger partial charge >= 0.3 is 5.69 Å². The largest absolute Gasteiger partial charge is 0.459 e. The van der Waals surface area contributed by atoms with Crippen molar-refractivity contribution >= 4 is 17.3 Å². The second-order valence-electron chi connectivity index (χ2n) is 3.81. The number of aryl methyl sites for hydroxylation is 1. The number of rotatable bonds is 3. The smallest absolute Gasteiger partial charge is 0.306 e. The molecule has 6 nitrogen and oxygen atoms in total. The lowest BCUT2D eigenvalue weighted by Crippen LogP contribution is -2.12. The summed E-state index contributed by atoms with van der Waals surface area (Å²) in [5, 5.41) is 13.0. The summed E-state index contributed by atoms with van der Waals surface area (Å²) in [6.07, 6.45) is 1.36. The van der Waals surface area contributed by atoms with Crippen LogP contribution in [0.2, 0.25) is 0 Å². The summed E-state index contributed by atoms with van der Waals surface area (Å²) in [5.74, 6) is -1.41. The molecule has 98 valence electrons. The second kappa shape index (κ2) is 4.89. The van der Waals surface area contributed by atoms with Gasteiger partial charge in [0.15, 0.2) is 5.76 Å². The molecule has 0 unspecified atom stereocenters. The highest BCUT2D eigenvalue weighted by molar-refractivity contribution is 6.03. The molecule has 1 heterocycles. The number of benzene rings is 1. The van der Waals surface area contributed by atoms with E-state index in [1.54, 1.807) is 13.0 Å². The quantitative estimate of drug-likeness (QED) is 0.682. The average Bonchev–Trinajstić information content (AvgIpc) is 2.77. The first-order chi connectivity index (χ1) is 8.99. The number of halogens is 1. The molecule has 0 aliphatic carbocycles. The second-order valence-corrected chi connectivity index (χ2v) is 3.81. The Morgan fingerprint density at radius 3 is 2.74 bits per heavy atom. The lowest BCUT2D eigenvalue weighted by molar-refractivity contribution is -0.387. The first-order valence-electron chi connectivity index (χ1n) is 5.28. The molecule has 0 spiro atoms. The van der Waals surface area contributed by atoms with E-state index in [4.69, 9.17) is 4.42 Å². The van der Waals surface area contributed by atoms with Crippen LogP contribution in [0.4, 0.5) is 15.8 Å². The molecule has 1 aromatic carbocycles. The summed E-state index contributed by atoms with van der Waals surface area (Å²) in [6, 6.07) is 4.72. The molecule has 7 heteroatoms. The number of carbonyl (C=O) groups is 1. The minimum absolute atomic E-state index is 0.104. The number of hydrogen-bond acceptors (Lipinski definition) is 4. The molecule has 0 aliphatic rings. The van der Waals surface area contributed by atoms with Crippen LogP contribution in [0, 0.1) is 22.9 Å². The van der Waals surface area contributed by atoms with Crippen LogP contribution in [-0.2, 0) is 0 Å². The summed E-state index contributed by atoms with van der Waals surface area (Å²) in [7, 11) is 0. The zero-order valence-corrected chi connectivity index (χ0v) is 9.84. The first-order valence-corrected chi connectivity index (χ1v) is 5.28. The molecule has 1 aromatic heterocycles. The molecule has 2 rings (SSSR count). The Bertz CT molecular complexity index is 651. The van der Waals surface area contributed by atoms with Crippen molar-refractivity contribution in [2.24, 2.45) is 0 Å². The van der Waals surface area contributed by atoms with Gasteiger partial charge in [-0.2, -0.15) is 4.39 Å². The Kier molecular flexibility index (Phi) is 3.28. The number of nitrogens with zero attached hydrogens (tertiary/aromatic N) is 1. The predicted octanol–water partition coefficient (Wildman–Crippen LogP) is 2.89. The predicted molar refractivity (Wildman–Crippen MR) is 64.5 cm³/mol. The number of furan rings is 1. The van der Waals surface area contributed by atoms with Gasteiger partial charge in [0, 0.05) is 17.3 Å². The molecule has 2 aromatic rings. The number of nitro groups is 1. The molecule has 0 saturated carbocycles. The Labute approximate surface area is 107 Å². The van der Waals surface area contributed by atoms with Crippen LogP contribution in [0.25, 0.3) is 0 Å². The van der Waals surface area contributed by atoms with Gasteiger partial charge in [0.1, 0.15) is 0 Å². The summed E-state index contributed by atoms with van der Waals surface area (Å²) in [5.41, 5.74) is 0.0528. The van der Waals surface area contributed by atoms with Crippen molar-refractivity contribution in [3.05, 3.63) is 57.8 Å². The van der Waals surface area contributed by atoms with Gasteiger partial charge in [-0.15, -0.1) is 0 Å². The monoisotopic (exact) mass is 264 g/mol. The van der Waals surface area contributed by atoms with Crippen molar-refractivity contribution in [2.45, 2.75) is 6.92 Å². The van der Waals surface area contributed by atoms with Crippen molar-refractivity contribution in [3.63, 3.8) is 0 Å². The SMILES string of the molecule is Cc1ccoc1C(=O)Nc1ccc(F)c([N+](=O)[O-])c1. The van der Waals surface area contributed by atoms with Crippen LogP contribution in [0.1, 0.15) is 16.1 Å². The summed E-state index contributed by atoms with van der Waals surface area (Å²) < 4.78 is 18.1. The Hall–Kier alpha value is -2.70. The Morgan fingerprint density at radius 2 is 2.16 bits per heavy atom. The van der Waals surface area contributed by atoms with Gasteiger partial charge in [-0.3, -0.25) is 14.9 Å². The van der Waals surface area contributed by atoms with Gasteiger partial charge in [0.05, 0.1) is 11.2 Å². The van der Waals surface area contributed by atoms with E-state index in [2.05, 4.69) is 5.32 Å². The minimum atomic E-state index is -0.961. The highest BCUT2D eigenvalue weighted by Gasteiger charge is 2.17. The van der Waals surface area contributed by atoms with Gasteiger partial charge in [-0.1, -0.05) is 0 Å². The lowest BCUT2D eigenvalue weighted by Gasteiger charge is -2.04. The first kappa shape index (κ1) is 12.7. The van der Waals surface area contributed by atoms with E-state index < -0.39 is 22.3 Å². The van der Waals surface area contributed by atoms with Crippen molar-refractivity contribution in [3.8, 4) is 0 Å². The van der Waals surface area contributed by atoms with Crippen molar-refractivity contribution in [1.29, 1.82) is 0 Å². The fourth-order valence-corrected chi connectivity index (χ4v) is 1.52.